The first-order chi connectivity index (χ1) is 15.0. The number of carbonyl (C=O) groups excluding carboxylic acids is 2. The zero-order chi connectivity index (χ0) is 21.8. The lowest BCUT2D eigenvalue weighted by molar-refractivity contribution is 0.0632. The normalized spacial score (nSPS) is 18.8. The van der Waals surface area contributed by atoms with Crippen molar-refractivity contribution in [1.82, 2.24) is 9.80 Å². The minimum Gasteiger partial charge on any atom is -0.493 e. The van der Waals surface area contributed by atoms with Crippen molar-refractivity contribution in [3.8, 4) is 5.75 Å². The van der Waals surface area contributed by atoms with Crippen molar-refractivity contribution in [3.05, 3.63) is 64.7 Å². The van der Waals surface area contributed by atoms with Crippen LogP contribution in [0.5, 0.6) is 5.75 Å². The third-order valence-corrected chi connectivity index (χ3v) is 6.40. The Morgan fingerprint density at radius 1 is 0.903 bits per heavy atom. The van der Waals surface area contributed by atoms with Crippen molar-refractivity contribution < 1.29 is 14.3 Å². The second-order valence-corrected chi connectivity index (χ2v) is 8.91. The highest BCUT2D eigenvalue weighted by molar-refractivity contribution is 5.96. The molecule has 0 aromatic heterocycles. The average molecular weight is 421 g/mol. The van der Waals surface area contributed by atoms with Crippen molar-refractivity contribution in [3.63, 3.8) is 0 Å². The molecular formula is C26H32N2O3. The predicted octanol–water partition coefficient (Wildman–Crippen LogP) is 4.47. The number of rotatable bonds is 5. The third kappa shape index (κ3) is 5.09. The number of nitrogens with zero attached hydrogens (tertiary/aromatic N) is 2. The smallest absolute Gasteiger partial charge is 0.254 e. The Morgan fingerprint density at radius 2 is 1.61 bits per heavy atom. The van der Waals surface area contributed by atoms with Gasteiger partial charge in [0.05, 0.1) is 6.61 Å². The molecule has 2 fully saturated rings. The fraction of sp³-hybridized carbons (Fsp3) is 0.462. The van der Waals surface area contributed by atoms with Gasteiger partial charge < -0.3 is 14.5 Å². The Labute approximate surface area is 185 Å². The van der Waals surface area contributed by atoms with Crippen LogP contribution in [0.1, 0.15) is 57.5 Å². The fourth-order valence-electron chi connectivity index (χ4n) is 4.62. The van der Waals surface area contributed by atoms with Gasteiger partial charge in [-0.15, -0.1) is 0 Å². The van der Waals surface area contributed by atoms with Gasteiger partial charge in [-0.3, -0.25) is 9.59 Å². The van der Waals surface area contributed by atoms with Gasteiger partial charge in [-0.2, -0.15) is 0 Å². The first kappa shape index (κ1) is 21.4. The van der Waals surface area contributed by atoms with Crippen LogP contribution in [-0.2, 0) is 0 Å². The molecule has 0 saturated carbocycles. The number of benzene rings is 2. The average Bonchev–Trinajstić information content (AvgIpc) is 3.32. The summed E-state index contributed by atoms with van der Waals surface area (Å²) in [6.45, 7) is 7.86. The summed E-state index contributed by atoms with van der Waals surface area (Å²) in [5, 5.41) is 0. The number of carbonyl (C=O) groups is 2. The molecule has 1 unspecified atom stereocenters. The summed E-state index contributed by atoms with van der Waals surface area (Å²) < 4.78 is 6.02. The molecule has 1 atom stereocenters. The van der Waals surface area contributed by atoms with E-state index in [0.29, 0.717) is 12.5 Å². The highest BCUT2D eigenvalue weighted by Gasteiger charge is 2.26. The van der Waals surface area contributed by atoms with E-state index in [2.05, 4.69) is 6.07 Å². The molecule has 2 amide bonds. The molecule has 2 aromatic carbocycles. The van der Waals surface area contributed by atoms with Crippen LogP contribution in [0, 0.1) is 19.8 Å². The molecule has 0 radical (unpaired) electrons. The lowest BCUT2D eigenvalue weighted by Crippen LogP contribution is -2.41. The van der Waals surface area contributed by atoms with Gasteiger partial charge in [0.2, 0.25) is 0 Å². The summed E-state index contributed by atoms with van der Waals surface area (Å²) in [7, 11) is 0. The highest BCUT2D eigenvalue weighted by Crippen LogP contribution is 2.23. The Bertz CT molecular complexity index is 932. The molecule has 0 spiro atoms. The van der Waals surface area contributed by atoms with Crippen LogP contribution in [0.3, 0.4) is 0 Å². The minimum atomic E-state index is 0.108. The van der Waals surface area contributed by atoms with Crippen LogP contribution < -0.4 is 4.74 Å². The standard InChI is InChI=1S/C26H32N2O3/c1-19-7-12-24(20(2)16-19)26(30)28-15-5-6-21(17-28)18-31-23-10-8-22(9-11-23)25(29)27-13-3-4-14-27/h7-12,16,21H,3-6,13-15,17-18H2,1-2H3. The molecule has 4 rings (SSSR count). The Hall–Kier alpha value is -2.82. The molecule has 2 saturated heterocycles. The molecule has 0 N–H and O–H groups in total. The van der Waals surface area contributed by atoms with E-state index in [0.717, 1.165) is 74.3 Å². The van der Waals surface area contributed by atoms with Gasteiger partial charge in [0.1, 0.15) is 5.75 Å². The number of aryl methyl sites for hydroxylation is 2. The number of hydrogen-bond acceptors (Lipinski definition) is 3. The quantitative estimate of drug-likeness (QED) is 0.717. The van der Waals surface area contributed by atoms with Crippen LogP contribution in [-0.4, -0.2) is 54.4 Å². The van der Waals surface area contributed by atoms with Crippen molar-refractivity contribution in [2.75, 3.05) is 32.8 Å². The molecule has 31 heavy (non-hydrogen) atoms. The van der Waals surface area contributed by atoms with Gasteiger partial charge in [0.25, 0.3) is 11.8 Å². The molecule has 5 nitrogen and oxygen atoms in total. The molecular weight excluding hydrogens is 388 g/mol. The number of likely N-dealkylation sites (tertiary alicyclic amines) is 2. The van der Waals surface area contributed by atoms with Crippen molar-refractivity contribution >= 4 is 11.8 Å². The van der Waals surface area contributed by atoms with Crippen molar-refractivity contribution in [2.45, 2.75) is 39.5 Å². The Kier molecular flexibility index (Phi) is 6.59. The molecule has 0 bridgehead atoms. The Balaban J connectivity index is 1.31. The summed E-state index contributed by atoms with van der Waals surface area (Å²) in [4.78, 5) is 29.4. The van der Waals surface area contributed by atoms with Crippen molar-refractivity contribution in [1.29, 1.82) is 0 Å². The maximum Gasteiger partial charge on any atom is 0.254 e. The van der Waals surface area contributed by atoms with E-state index in [1.165, 1.54) is 5.56 Å². The molecule has 2 aliphatic heterocycles. The second-order valence-electron chi connectivity index (χ2n) is 8.91. The van der Waals surface area contributed by atoms with E-state index in [-0.39, 0.29) is 11.8 Å². The molecule has 2 heterocycles. The zero-order valence-electron chi connectivity index (χ0n) is 18.6. The molecule has 0 aliphatic carbocycles. The van der Waals surface area contributed by atoms with Crippen LogP contribution >= 0.6 is 0 Å². The maximum atomic E-state index is 13.0. The predicted molar refractivity (Wildman–Crippen MR) is 122 cm³/mol. The van der Waals surface area contributed by atoms with E-state index in [1.54, 1.807) is 0 Å². The van der Waals surface area contributed by atoms with Gasteiger partial charge in [-0.1, -0.05) is 17.7 Å². The summed E-state index contributed by atoms with van der Waals surface area (Å²) in [6, 6.07) is 13.5. The molecule has 2 aliphatic rings. The van der Waals surface area contributed by atoms with E-state index in [4.69, 9.17) is 4.74 Å². The molecule has 164 valence electrons. The van der Waals surface area contributed by atoms with Crippen LogP contribution in [0.15, 0.2) is 42.5 Å². The van der Waals surface area contributed by atoms with E-state index in [9.17, 15) is 9.59 Å². The lowest BCUT2D eigenvalue weighted by atomic mass is 9.97. The zero-order valence-corrected chi connectivity index (χ0v) is 18.6. The van der Waals surface area contributed by atoms with Gasteiger partial charge >= 0.3 is 0 Å². The fourth-order valence-corrected chi connectivity index (χ4v) is 4.62. The van der Waals surface area contributed by atoms with E-state index >= 15 is 0 Å². The maximum absolute atomic E-state index is 13.0. The van der Waals surface area contributed by atoms with E-state index in [1.807, 2.05) is 60.0 Å². The summed E-state index contributed by atoms with van der Waals surface area (Å²) >= 11 is 0. The largest absolute Gasteiger partial charge is 0.493 e. The first-order valence-electron chi connectivity index (χ1n) is 11.4. The topological polar surface area (TPSA) is 49.9 Å². The SMILES string of the molecule is Cc1ccc(C(=O)N2CCCC(COc3ccc(C(=O)N4CCCC4)cc3)C2)c(C)c1. The molecule has 2 aromatic rings. The Morgan fingerprint density at radius 3 is 2.32 bits per heavy atom. The molecule has 5 heteroatoms. The van der Waals surface area contributed by atoms with Crippen LogP contribution in [0.2, 0.25) is 0 Å². The number of piperidine rings is 1. The van der Waals surface area contributed by atoms with Gasteiger partial charge in [0, 0.05) is 43.2 Å². The van der Waals surface area contributed by atoms with Crippen LogP contribution in [0.25, 0.3) is 0 Å². The number of hydrogen-bond donors (Lipinski definition) is 0. The minimum absolute atomic E-state index is 0.108. The van der Waals surface area contributed by atoms with Crippen LogP contribution in [0.4, 0.5) is 0 Å². The summed E-state index contributed by atoms with van der Waals surface area (Å²) in [6.07, 6.45) is 4.24. The van der Waals surface area contributed by atoms with Gasteiger partial charge in [-0.25, -0.2) is 0 Å². The van der Waals surface area contributed by atoms with Crippen molar-refractivity contribution in [2.24, 2.45) is 5.92 Å². The third-order valence-electron chi connectivity index (χ3n) is 6.40. The van der Waals surface area contributed by atoms with E-state index < -0.39 is 0 Å². The number of amides is 2. The van der Waals surface area contributed by atoms with Gasteiger partial charge in [0.15, 0.2) is 0 Å². The number of ether oxygens (including phenoxy) is 1. The monoisotopic (exact) mass is 420 g/mol. The summed E-state index contributed by atoms with van der Waals surface area (Å²) in [5.41, 5.74) is 3.72. The highest BCUT2D eigenvalue weighted by atomic mass is 16.5. The second kappa shape index (κ2) is 9.54. The van der Waals surface area contributed by atoms with Gasteiger partial charge in [-0.05, 0) is 75.4 Å². The lowest BCUT2D eigenvalue weighted by Gasteiger charge is -2.33. The summed E-state index contributed by atoms with van der Waals surface area (Å²) in [5.74, 6) is 1.31. The first-order valence-corrected chi connectivity index (χ1v) is 11.4.